The molecule has 2 fully saturated rings. The Hall–Kier alpha value is -2.87. The Balaban J connectivity index is 0.00000202. The Morgan fingerprint density at radius 3 is 2.17 bits per heavy atom. The van der Waals surface area contributed by atoms with Gasteiger partial charge >= 0.3 is 0 Å². The van der Waals surface area contributed by atoms with Crippen LogP contribution in [0.4, 0.5) is 0 Å². The first-order valence-corrected chi connectivity index (χ1v) is 15.1. The molecular weight excluding hydrogens is 585 g/mol. The third kappa shape index (κ3) is 6.85. The second-order valence-corrected chi connectivity index (χ2v) is 11.7. The van der Waals surface area contributed by atoms with Gasteiger partial charge in [-0.1, -0.05) is 66.7 Å². The SMILES string of the molecule is COc1ccc(-c2ccsc2)cc1CN1C[C@@H]2CN(C(C)=O)CCN2[C@H](C(c2ccccc2)c2ccccc2)C1.Cl.Cl. The van der Waals surface area contributed by atoms with Crippen LogP contribution in [0.2, 0.25) is 0 Å². The summed E-state index contributed by atoms with van der Waals surface area (Å²) in [4.78, 5) is 19.7. The molecule has 1 aromatic heterocycles. The van der Waals surface area contributed by atoms with E-state index in [1.54, 1.807) is 25.4 Å². The van der Waals surface area contributed by atoms with E-state index in [2.05, 4.69) is 105 Å². The molecule has 42 heavy (non-hydrogen) atoms. The van der Waals surface area contributed by atoms with Gasteiger partial charge in [0, 0.05) is 69.8 Å². The fourth-order valence-corrected chi connectivity index (χ4v) is 7.30. The molecule has 8 heteroatoms. The molecule has 0 aliphatic carbocycles. The maximum absolute atomic E-state index is 12.4. The van der Waals surface area contributed by atoms with Gasteiger partial charge in [0.1, 0.15) is 5.75 Å². The van der Waals surface area contributed by atoms with Crippen LogP contribution in [0.3, 0.4) is 0 Å². The second-order valence-electron chi connectivity index (χ2n) is 11.0. The third-order valence-electron chi connectivity index (χ3n) is 8.54. The van der Waals surface area contributed by atoms with Crippen molar-refractivity contribution in [2.75, 3.05) is 39.8 Å². The minimum absolute atomic E-state index is 0. The lowest BCUT2D eigenvalue weighted by molar-refractivity contribution is -0.134. The Bertz CT molecular complexity index is 1380. The summed E-state index contributed by atoms with van der Waals surface area (Å²) in [6.07, 6.45) is 0. The molecule has 3 heterocycles. The molecule has 222 valence electrons. The molecule has 3 aromatic carbocycles. The molecule has 0 spiro atoms. The fraction of sp³-hybridized carbons (Fsp3) is 0.324. The second kappa shape index (κ2) is 14.5. The van der Waals surface area contributed by atoms with Crippen molar-refractivity contribution in [2.24, 2.45) is 0 Å². The lowest BCUT2D eigenvalue weighted by atomic mass is 9.81. The predicted octanol–water partition coefficient (Wildman–Crippen LogP) is 6.82. The number of piperazine rings is 2. The zero-order valence-electron chi connectivity index (χ0n) is 24.1. The Morgan fingerprint density at radius 1 is 0.881 bits per heavy atom. The molecule has 2 atom stereocenters. The maximum Gasteiger partial charge on any atom is 0.219 e. The average molecular weight is 625 g/mol. The van der Waals surface area contributed by atoms with Crippen molar-refractivity contribution < 1.29 is 9.53 Å². The zero-order valence-corrected chi connectivity index (χ0v) is 26.5. The number of hydrogen-bond donors (Lipinski definition) is 0. The molecule has 6 rings (SSSR count). The number of carbonyl (C=O) groups is 1. The Kier molecular flexibility index (Phi) is 11.1. The van der Waals surface area contributed by atoms with Crippen molar-refractivity contribution in [3.05, 3.63) is 112 Å². The number of halogens is 2. The van der Waals surface area contributed by atoms with Crippen LogP contribution in [0, 0.1) is 0 Å². The summed E-state index contributed by atoms with van der Waals surface area (Å²) in [7, 11) is 1.76. The van der Waals surface area contributed by atoms with Crippen molar-refractivity contribution in [1.29, 1.82) is 0 Å². The highest BCUT2D eigenvalue weighted by Gasteiger charge is 2.42. The van der Waals surface area contributed by atoms with Crippen LogP contribution < -0.4 is 4.74 Å². The van der Waals surface area contributed by atoms with E-state index in [1.807, 2.05) is 4.90 Å². The van der Waals surface area contributed by atoms with Crippen LogP contribution in [-0.4, -0.2) is 72.5 Å². The molecule has 0 bridgehead atoms. The van der Waals surface area contributed by atoms with E-state index in [4.69, 9.17) is 4.74 Å². The van der Waals surface area contributed by atoms with Gasteiger partial charge in [-0.2, -0.15) is 11.3 Å². The minimum atomic E-state index is 0. The number of carbonyl (C=O) groups excluding carboxylic acids is 1. The van der Waals surface area contributed by atoms with Gasteiger partial charge in [-0.25, -0.2) is 0 Å². The van der Waals surface area contributed by atoms with Crippen LogP contribution in [0.25, 0.3) is 11.1 Å². The highest BCUT2D eigenvalue weighted by atomic mass is 35.5. The Labute approximate surface area is 265 Å². The number of fused-ring (bicyclic) bond motifs is 1. The molecule has 0 radical (unpaired) electrons. The summed E-state index contributed by atoms with van der Waals surface area (Å²) in [6, 6.07) is 31.1. The topological polar surface area (TPSA) is 36.0 Å². The molecule has 4 aromatic rings. The highest BCUT2D eigenvalue weighted by Crippen LogP contribution is 2.37. The van der Waals surface area contributed by atoms with Gasteiger partial charge in [-0.15, -0.1) is 24.8 Å². The molecule has 2 aliphatic heterocycles. The van der Waals surface area contributed by atoms with Crippen molar-refractivity contribution in [3.63, 3.8) is 0 Å². The molecule has 1 amide bonds. The summed E-state index contributed by atoms with van der Waals surface area (Å²) >= 11 is 1.72. The van der Waals surface area contributed by atoms with Gasteiger partial charge < -0.3 is 9.64 Å². The first kappa shape index (κ1) is 32.1. The number of methoxy groups -OCH3 is 1. The van der Waals surface area contributed by atoms with Gasteiger partial charge in [-0.3, -0.25) is 14.6 Å². The number of benzene rings is 3. The largest absolute Gasteiger partial charge is 0.496 e. The van der Waals surface area contributed by atoms with E-state index in [1.165, 1.54) is 27.8 Å². The van der Waals surface area contributed by atoms with Gasteiger partial charge in [0.25, 0.3) is 0 Å². The third-order valence-corrected chi connectivity index (χ3v) is 9.23. The smallest absolute Gasteiger partial charge is 0.219 e. The van der Waals surface area contributed by atoms with Gasteiger partial charge in [0.2, 0.25) is 5.91 Å². The molecule has 5 nitrogen and oxygen atoms in total. The molecular formula is C34H39Cl2N3O2S. The van der Waals surface area contributed by atoms with Crippen LogP contribution in [0.1, 0.15) is 29.5 Å². The van der Waals surface area contributed by atoms with Crippen LogP contribution in [-0.2, 0) is 11.3 Å². The molecule has 2 aliphatic rings. The van der Waals surface area contributed by atoms with Crippen LogP contribution in [0.5, 0.6) is 5.75 Å². The standard InChI is InChI=1S/C34H37N3O2S.2ClH/c1-25(38)36-16-17-37-31(22-36)21-35(20-30-19-28(13-14-33(30)39-2)29-15-18-40-24-29)23-32(37)34(26-9-5-3-6-10-26)27-11-7-4-8-12-27;;/h3-15,18-19,24,31-32,34H,16-17,20-23H2,1-2H3;2*1H/t31-,32+;;/m1../s1. The summed E-state index contributed by atoms with van der Waals surface area (Å²) in [5.74, 6) is 1.33. The van der Waals surface area contributed by atoms with Crippen molar-refractivity contribution in [2.45, 2.75) is 31.5 Å². The summed E-state index contributed by atoms with van der Waals surface area (Å²) in [6.45, 7) is 6.82. The number of thiophene rings is 1. The molecule has 0 saturated carbocycles. The Morgan fingerprint density at radius 2 is 1.57 bits per heavy atom. The van der Waals surface area contributed by atoms with Crippen molar-refractivity contribution in [3.8, 4) is 16.9 Å². The number of ether oxygens (including phenoxy) is 1. The van der Waals surface area contributed by atoms with Gasteiger partial charge in [0.05, 0.1) is 7.11 Å². The average Bonchev–Trinajstić information content (AvgIpc) is 3.53. The lowest BCUT2D eigenvalue weighted by Crippen LogP contribution is -2.67. The number of nitrogens with zero attached hydrogens (tertiary/aromatic N) is 3. The maximum atomic E-state index is 12.4. The van der Waals surface area contributed by atoms with Gasteiger partial charge in [-0.05, 0) is 51.2 Å². The summed E-state index contributed by atoms with van der Waals surface area (Å²) < 4.78 is 5.84. The summed E-state index contributed by atoms with van der Waals surface area (Å²) in [5.41, 5.74) is 6.34. The van der Waals surface area contributed by atoms with E-state index in [9.17, 15) is 4.79 Å². The zero-order chi connectivity index (χ0) is 27.5. The number of hydrogen-bond acceptors (Lipinski definition) is 5. The van der Waals surface area contributed by atoms with E-state index in [0.717, 1.165) is 45.0 Å². The number of rotatable bonds is 7. The monoisotopic (exact) mass is 623 g/mol. The molecule has 0 unspecified atom stereocenters. The van der Waals surface area contributed by atoms with Crippen LogP contribution >= 0.6 is 36.2 Å². The normalized spacial score (nSPS) is 19.0. The van der Waals surface area contributed by atoms with E-state index in [0.29, 0.717) is 0 Å². The predicted molar refractivity (Wildman–Crippen MR) is 177 cm³/mol. The van der Waals surface area contributed by atoms with Crippen molar-refractivity contribution in [1.82, 2.24) is 14.7 Å². The number of amides is 1. The van der Waals surface area contributed by atoms with Crippen LogP contribution in [0.15, 0.2) is 95.7 Å². The first-order valence-electron chi connectivity index (χ1n) is 14.1. The quantitative estimate of drug-likeness (QED) is 0.226. The van der Waals surface area contributed by atoms with E-state index < -0.39 is 0 Å². The van der Waals surface area contributed by atoms with Gasteiger partial charge in [0.15, 0.2) is 0 Å². The van der Waals surface area contributed by atoms with Crippen molar-refractivity contribution >= 4 is 42.1 Å². The minimum Gasteiger partial charge on any atom is -0.496 e. The molecule has 0 N–H and O–H groups in total. The lowest BCUT2D eigenvalue weighted by Gasteiger charge is -2.53. The molecule has 2 saturated heterocycles. The first-order chi connectivity index (χ1) is 19.6. The fourth-order valence-electron chi connectivity index (χ4n) is 6.63. The summed E-state index contributed by atoms with van der Waals surface area (Å²) in [5, 5.41) is 4.32. The van der Waals surface area contributed by atoms with E-state index in [-0.39, 0.29) is 48.7 Å². The highest BCUT2D eigenvalue weighted by molar-refractivity contribution is 7.08. The van der Waals surface area contributed by atoms with E-state index >= 15 is 0 Å².